The van der Waals surface area contributed by atoms with Crippen LogP contribution in [-0.2, 0) is 4.79 Å². The van der Waals surface area contributed by atoms with Crippen LogP contribution in [0.1, 0.15) is 18.5 Å². The molecule has 1 aromatic heterocycles. The summed E-state index contributed by atoms with van der Waals surface area (Å²) in [4.78, 5) is 11.1. The van der Waals surface area contributed by atoms with Gasteiger partial charge in [-0.2, -0.15) is 0 Å². The molecular formula is C13H15N3O3. The Bertz CT molecular complexity index is 607. The Morgan fingerprint density at radius 3 is 2.84 bits per heavy atom. The number of carboxylic acid groups (broad SMARTS) is 1. The van der Waals surface area contributed by atoms with E-state index in [1.807, 2.05) is 25.1 Å². The zero-order valence-corrected chi connectivity index (χ0v) is 11.0. The minimum atomic E-state index is -0.960. The molecule has 1 atom stereocenters. The first-order valence-corrected chi connectivity index (χ1v) is 5.82. The van der Waals surface area contributed by atoms with Gasteiger partial charge in [-0.05, 0) is 26.0 Å². The Balaban J connectivity index is 2.57. The molecule has 0 spiro atoms. The number of methoxy groups -OCH3 is 1. The van der Waals surface area contributed by atoms with E-state index in [9.17, 15) is 4.79 Å². The summed E-state index contributed by atoms with van der Waals surface area (Å²) in [6, 6.07) is 4.90. The van der Waals surface area contributed by atoms with Gasteiger partial charge in [0.05, 0.1) is 19.0 Å². The molecule has 100 valence electrons. The summed E-state index contributed by atoms with van der Waals surface area (Å²) >= 11 is 0. The van der Waals surface area contributed by atoms with Crippen LogP contribution in [0.15, 0.2) is 24.4 Å². The van der Waals surface area contributed by atoms with Crippen molar-refractivity contribution in [1.29, 1.82) is 0 Å². The highest BCUT2D eigenvalue weighted by Crippen LogP contribution is 2.31. The molecule has 0 aliphatic heterocycles. The molecule has 19 heavy (non-hydrogen) atoms. The van der Waals surface area contributed by atoms with Gasteiger partial charge in [-0.15, -0.1) is 5.10 Å². The zero-order valence-electron chi connectivity index (χ0n) is 11.0. The number of nitrogens with zero attached hydrogens (tertiary/aromatic N) is 3. The predicted molar refractivity (Wildman–Crippen MR) is 69.1 cm³/mol. The highest BCUT2D eigenvalue weighted by atomic mass is 16.5. The Kier molecular flexibility index (Phi) is 3.50. The summed E-state index contributed by atoms with van der Waals surface area (Å²) in [7, 11) is 1.57. The van der Waals surface area contributed by atoms with E-state index in [0.717, 1.165) is 11.1 Å². The summed E-state index contributed by atoms with van der Waals surface area (Å²) in [5.74, 6) is -0.301. The van der Waals surface area contributed by atoms with Gasteiger partial charge >= 0.3 is 5.97 Å². The fraction of sp³-hybridized carbons (Fsp3) is 0.308. The van der Waals surface area contributed by atoms with Gasteiger partial charge < -0.3 is 9.84 Å². The molecule has 0 saturated heterocycles. The molecule has 2 aromatic rings. The number of rotatable bonds is 4. The van der Waals surface area contributed by atoms with Crippen molar-refractivity contribution in [3.8, 4) is 17.0 Å². The molecule has 0 amide bonds. The minimum Gasteiger partial charge on any atom is -0.496 e. The highest BCUT2D eigenvalue weighted by Gasteiger charge is 2.20. The lowest BCUT2D eigenvalue weighted by Crippen LogP contribution is -2.18. The number of aryl methyl sites for hydroxylation is 1. The molecule has 0 aliphatic rings. The van der Waals surface area contributed by atoms with Gasteiger partial charge in [-0.1, -0.05) is 16.8 Å². The molecule has 1 aromatic carbocycles. The van der Waals surface area contributed by atoms with Crippen LogP contribution < -0.4 is 4.74 Å². The first-order chi connectivity index (χ1) is 9.04. The molecule has 2 rings (SSSR count). The van der Waals surface area contributed by atoms with E-state index in [0.29, 0.717) is 11.4 Å². The Morgan fingerprint density at radius 1 is 1.47 bits per heavy atom. The van der Waals surface area contributed by atoms with Crippen LogP contribution in [0, 0.1) is 6.92 Å². The normalized spacial score (nSPS) is 12.2. The van der Waals surface area contributed by atoms with E-state index in [4.69, 9.17) is 9.84 Å². The molecule has 6 nitrogen and oxygen atoms in total. The molecule has 0 fully saturated rings. The highest BCUT2D eigenvalue weighted by molar-refractivity contribution is 5.74. The lowest BCUT2D eigenvalue weighted by molar-refractivity contribution is -0.140. The zero-order chi connectivity index (χ0) is 14.0. The van der Waals surface area contributed by atoms with Crippen molar-refractivity contribution in [1.82, 2.24) is 15.0 Å². The molecule has 6 heteroatoms. The van der Waals surface area contributed by atoms with Gasteiger partial charge in [-0.3, -0.25) is 0 Å². The predicted octanol–water partition coefficient (Wildman–Crippen LogP) is 1.91. The third-order valence-electron chi connectivity index (χ3n) is 2.93. The fourth-order valence-corrected chi connectivity index (χ4v) is 1.85. The van der Waals surface area contributed by atoms with Crippen molar-refractivity contribution in [3.63, 3.8) is 0 Å². The van der Waals surface area contributed by atoms with Crippen molar-refractivity contribution < 1.29 is 14.6 Å². The largest absolute Gasteiger partial charge is 0.496 e. The second-order valence-electron chi connectivity index (χ2n) is 4.28. The fourth-order valence-electron chi connectivity index (χ4n) is 1.85. The minimum absolute atomic E-state index is 0.621. The summed E-state index contributed by atoms with van der Waals surface area (Å²) < 4.78 is 6.68. The Labute approximate surface area is 110 Å². The number of ether oxygens (including phenoxy) is 1. The molecule has 1 unspecified atom stereocenters. The summed E-state index contributed by atoms with van der Waals surface area (Å²) in [5, 5.41) is 16.7. The van der Waals surface area contributed by atoms with Crippen molar-refractivity contribution in [3.05, 3.63) is 30.0 Å². The molecule has 1 heterocycles. The average Bonchev–Trinajstić information content (AvgIpc) is 2.86. The van der Waals surface area contributed by atoms with E-state index in [-0.39, 0.29) is 0 Å². The van der Waals surface area contributed by atoms with Gasteiger partial charge in [0.15, 0.2) is 0 Å². The van der Waals surface area contributed by atoms with Crippen molar-refractivity contribution >= 4 is 5.97 Å². The topological polar surface area (TPSA) is 77.2 Å². The summed E-state index contributed by atoms with van der Waals surface area (Å²) in [6.45, 7) is 3.51. The van der Waals surface area contributed by atoms with Crippen LogP contribution in [0.25, 0.3) is 11.3 Å². The Morgan fingerprint density at radius 2 is 2.21 bits per heavy atom. The monoisotopic (exact) mass is 261 g/mol. The van der Waals surface area contributed by atoms with Crippen molar-refractivity contribution in [2.24, 2.45) is 0 Å². The Hall–Kier alpha value is -2.37. The van der Waals surface area contributed by atoms with E-state index < -0.39 is 12.0 Å². The van der Waals surface area contributed by atoms with Gasteiger partial charge in [0, 0.05) is 5.56 Å². The van der Waals surface area contributed by atoms with Crippen molar-refractivity contribution in [2.45, 2.75) is 19.9 Å². The maximum Gasteiger partial charge on any atom is 0.328 e. The number of hydrogen-bond acceptors (Lipinski definition) is 4. The number of carboxylic acids is 1. The molecule has 0 bridgehead atoms. The van der Waals surface area contributed by atoms with Crippen molar-refractivity contribution in [2.75, 3.05) is 7.11 Å². The lowest BCUT2D eigenvalue weighted by Gasteiger charge is -2.13. The number of benzene rings is 1. The SMILES string of the molecule is COc1ccc(C)cc1-c1cnnn1C(C)C(=O)O. The third kappa shape index (κ3) is 2.42. The summed E-state index contributed by atoms with van der Waals surface area (Å²) in [6.07, 6.45) is 1.54. The molecule has 0 radical (unpaired) electrons. The maximum atomic E-state index is 11.1. The maximum absolute atomic E-state index is 11.1. The van der Waals surface area contributed by atoms with E-state index in [1.165, 1.54) is 10.9 Å². The van der Waals surface area contributed by atoms with Gasteiger partial charge in [0.2, 0.25) is 0 Å². The van der Waals surface area contributed by atoms with E-state index >= 15 is 0 Å². The van der Waals surface area contributed by atoms with Gasteiger partial charge in [0.1, 0.15) is 11.8 Å². The summed E-state index contributed by atoms with van der Waals surface area (Å²) in [5.41, 5.74) is 2.45. The van der Waals surface area contributed by atoms with Gasteiger partial charge in [0.25, 0.3) is 0 Å². The quantitative estimate of drug-likeness (QED) is 0.909. The number of aliphatic carboxylic acids is 1. The second-order valence-corrected chi connectivity index (χ2v) is 4.28. The first-order valence-electron chi connectivity index (χ1n) is 5.82. The third-order valence-corrected chi connectivity index (χ3v) is 2.93. The van der Waals surface area contributed by atoms with Crippen LogP contribution >= 0.6 is 0 Å². The van der Waals surface area contributed by atoms with Crippen LogP contribution in [0.2, 0.25) is 0 Å². The van der Waals surface area contributed by atoms with Crippen LogP contribution in [0.4, 0.5) is 0 Å². The molecule has 0 aliphatic carbocycles. The second kappa shape index (κ2) is 5.09. The first kappa shape index (κ1) is 13.1. The molecule has 0 saturated carbocycles. The van der Waals surface area contributed by atoms with E-state index in [1.54, 1.807) is 14.0 Å². The van der Waals surface area contributed by atoms with Gasteiger partial charge in [-0.25, -0.2) is 9.48 Å². The molecular weight excluding hydrogens is 246 g/mol. The smallest absolute Gasteiger partial charge is 0.328 e. The standard InChI is InChI=1S/C13H15N3O3/c1-8-4-5-12(19-3)10(6-8)11-7-14-15-16(11)9(2)13(17)18/h4-7,9H,1-3H3,(H,17,18). The average molecular weight is 261 g/mol. The van der Waals surface area contributed by atoms with Crippen LogP contribution in [0.3, 0.4) is 0 Å². The number of hydrogen-bond donors (Lipinski definition) is 1. The van der Waals surface area contributed by atoms with Crippen LogP contribution in [-0.4, -0.2) is 33.2 Å². The van der Waals surface area contributed by atoms with E-state index in [2.05, 4.69) is 10.3 Å². The number of aromatic nitrogens is 3. The van der Waals surface area contributed by atoms with Crippen LogP contribution in [0.5, 0.6) is 5.75 Å². The number of carbonyl (C=O) groups is 1. The molecule has 1 N–H and O–H groups in total. The lowest BCUT2D eigenvalue weighted by atomic mass is 10.1.